The molecule has 1 aromatic heterocycles. The molecule has 0 atom stereocenters. The first kappa shape index (κ1) is 8.62. The molecule has 0 bridgehead atoms. The lowest BCUT2D eigenvalue weighted by molar-refractivity contribution is 1.31. The van der Waals surface area contributed by atoms with Gasteiger partial charge in [0.1, 0.15) is 0 Å². The molecule has 1 N–H and O–H groups in total. The summed E-state index contributed by atoms with van der Waals surface area (Å²) < 4.78 is 0. The van der Waals surface area contributed by atoms with Crippen molar-refractivity contribution in [2.45, 2.75) is 6.92 Å². The molecule has 0 aliphatic heterocycles. The lowest BCUT2D eigenvalue weighted by Crippen LogP contribution is -1.75. The van der Waals surface area contributed by atoms with Crippen molar-refractivity contribution in [1.29, 1.82) is 0 Å². The molecule has 1 aromatic carbocycles. The Hall–Kier alpha value is -1.97. The van der Waals surface area contributed by atoms with Crippen LogP contribution in [0, 0.1) is 4.91 Å². The van der Waals surface area contributed by atoms with E-state index in [0.717, 1.165) is 16.6 Å². The number of hydrogen-bond acceptors (Lipinski definition) is 3. The van der Waals surface area contributed by atoms with Gasteiger partial charge in [0, 0.05) is 0 Å². The van der Waals surface area contributed by atoms with Crippen LogP contribution in [0.15, 0.2) is 35.4 Å². The monoisotopic (exact) mass is 187 g/mol. The molecule has 0 fully saturated rings. The maximum atomic E-state index is 10.2. The van der Waals surface area contributed by atoms with Crippen molar-refractivity contribution in [1.82, 2.24) is 9.97 Å². The number of aromatic nitrogens is 2. The van der Waals surface area contributed by atoms with Gasteiger partial charge in [-0.05, 0) is 35.9 Å². The maximum absolute atomic E-state index is 10.2. The third-order valence-corrected chi connectivity index (χ3v) is 1.97. The van der Waals surface area contributed by atoms with Gasteiger partial charge in [0.25, 0.3) is 0 Å². The standard InChI is InChI=1S/C10H9N3O/c1-7(13-14)4-8-2-3-9-10(5-8)12-6-11-9/h2-6H,1H3,(H,11,12)/b7-4+. The average molecular weight is 187 g/mol. The Morgan fingerprint density at radius 2 is 2.43 bits per heavy atom. The number of benzene rings is 1. The first-order valence-corrected chi connectivity index (χ1v) is 4.24. The number of H-pyrrole nitrogens is 1. The Labute approximate surface area is 80.6 Å². The van der Waals surface area contributed by atoms with Crippen molar-refractivity contribution in [3.05, 3.63) is 40.7 Å². The zero-order valence-corrected chi connectivity index (χ0v) is 7.69. The van der Waals surface area contributed by atoms with Gasteiger partial charge in [0.2, 0.25) is 0 Å². The molecule has 0 aliphatic rings. The second-order valence-electron chi connectivity index (χ2n) is 3.06. The van der Waals surface area contributed by atoms with Gasteiger partial charge in [0.15, 0.2) is 0 Å². The van der Waals surface area contributed by atoms with Crippen molar-refractivity contribution in [2.75, 3.05) is 0 Å². The van der Waals surface area contributed by atoms with Crippen LogP contribution in [0.4, 0.5) is 0 Å². The molecule has 2 aromatic rings. The zero-order valence-electron chi connectivity index (χ0n) is 7.69. The van der Waals surface area contributed by atoms with Gasteiger partial charge >= 0.3 is 0 Å². The molecular weight excluding hydrogens is 178 g/mol. The summed E-state index contributed by atoms with van der Waals surface area (Å²) in [6, 6.07) is 5.74. The predicted molar refractivity (Wildman–Crippen MR) is 55.5 cm³/mol. The number of imidazole rings is 1. The number of nitrogens with zero attached hydrogens (tertiary/aromatic N) is 2. The quantitative estimate of drug-likeness (QED) is 0.735. The molecule has 0 saturated heterocycles. The van der Waals surface area contributed by atoms with Crippen molar-refractivity contribution < 1.29 is 0 Å². The van der Waals surface area contributed by atoms with Gasteiger partial charge < -0.3 is 4.98 Å². The number of aromatic amines is 1. The zero-order chi connectivity index (χ0) is 9.97. The summed E-state index contributed by atoms with van der Waals surface area (Å²) in [5, 5.41) is 2.83. The van der Waals surface area contributed by atoms with Crippen molar-refractivity contribution >= 4 is 17.1 Å². The molecule has 0 amide bonds. The summed E-state index contributed by atoms with van der Waals surface area (Å²) in [5.74, 6) is 0. The maximum Gasteiger partial charge on any atom is 0.0931 e. The number of nitrogens with one attached hydrogen (secondary N) is 1. The molecule has 2 rings (SSSR count). The second-order valence-corrected chi connectivity index (χ2v) is 3.06. The summed E-state index contributed by atoms with van der Waals surface area (Å²) in [7, 11) is 0. The molecule has 70 valence electrons. The topological polar surface area (TPSA) is 58.1 Å². The lowest BCUT2D eigenvalue weighted by atomic mass is 10.2. The van der Waals surface area contributed by atoms with Crippen LogP contribution in [0.25, 0.3) is 17.1 Å². The van der Waals surface area contributed by atoms with E-state index in [0.29, 0.717) is 5.70 Å². The summed E-state index contributed by atoms with van der Waals surface area (Å²) in [6.45, 7) is 1.67. The Morgan fingerprint density at radius 3 is 3.21 bits per heavy atom. The van der Waals surface area contributed by atoms with Crippen LogP contribution in [0.5, 0.6) is 0 Å². The van der Waals surface area contributed by atoms with Gasteiger partial charge in [-0.3, -0.25) is 0 Å². The van der Waals surface area contributed by atoms with E-state index in [9.17, 15) is 4.91 Å². The Morgan fingerprint density at radius 1 is 1.57 bits per heavy atom. The molecule has 0 radical (unpaired) electrons. The van der Waals surface area contributed by atoms with Gasteiger partial charge in [0.05, 0.1) is 23.1 Å². The fourth-order valence-corrected chi connectivity index (χ4v) is 1.31. The molecule has 0 saturated carbocycles. The number of fused-ring (bicyclic) bond motifs is 1. The van der Waals surface area contributed by atoms with E-state index < -0.39 is 0 Å². The van der Waals surface area contributed by atoms with Crippen LogP contribution >= 0.6 is 0 Å². The van der Waals surface area contributed by atoms with Crippen molar-refractivity contribution in [3.63, 3.8) is 0 Å². The highest BCUT2D eigenvalue weighted by atomic mass is 16.3. The number of hydrogen-bond donors (Lipinski definition) is 1. The highest BCUT2D eigenvalue weighted by Gasteiger charge is 1.96. The first-order chi connectivity index (χ1) is 6.79. The van der Waals surface area contributed by atoms with E-state index in [-0.39, 0.29) is 0 Å². The summed E-state index contributed by atoms with van der Waals surface area (Å²) in [6.07, 6.45) is 3.37. The predicted octanol–water partition coefficient (Wildman–Crippen LogP) is 2.69. The normalized spacial score (nSPS) is 11.9. The molecule has 0 unspecified atom stereocenters. The van der Waals surface area contributed by atoms with E-state index in [4.69, 9.17) is 0 Å². The molecule has 4 heteroatoms. The first-order valence-electron chi connectivity index (χ1n) is 4.24. The summed E-state index contributed by atoms with van der Waals surface area (Å²) >= 11 is 0. The van der Waals surface area contributed by atoms with E-state index >= 15 is 0 Å². The molecule has 0 aliphatic carbocycles. The second kappa shape index (κ2) is 3.41. The van der Waals surface area contributed by atoms with E-state index in [1.807, 2.05) is 18.2 Å². The van der Waals surface area contributed by atoms with Crippen LogP contribution in [-0.2, 0) is 0 Å². The third kappa shape index (κ3) is 1.54. The minimum absolute atomic E-state index is 0.458. The highest BCUT2D eigenvalue weighted by molar-refractivity contribution is 5.77. The summed E-state index contributed by atoms with van der Waals surface area (Å²) in [5.41, 5.74) is 3.26. The lowest BCUT2D eigenvalue weighted by Gasteiger charge is -1.93. The van der Waals surface area contributed by atoms with Crippen LogP contribution in [0.2, 0.25) is 0 Å². The minimum atomic E-state index is 0.458. The number of allylic oxidation sites excluding steroid dienone is 1. The number of nitroso groups, excluding NO2 is 1. The van der Waals surface area contributed by atoms with Gasteiger partial charge in [-0.1, -0.05) is 6.07 Å². The fourth-order valence-electron chi connectivity index (χ4n) is 1.31. The largest absolute Gasteiger partial charge is 0.345 e. The van der Waals surface area contributed by atoms with Crippen molar-refractivity contribution in [3.8, 4) is 0 Å². The van der Waals surface area contributed by atoms with E-state index in [2.05, 4.69) is 15.1 Å². The van der Waals surface area contributed by atoms with E-state index in [1.54, 1.807) is 19.3 Å². The molecule has 1 heterocycles. The molecule has 0 spiro atoms. The van der Waals surface area contributed by atoms with Gasteiger partial charge in [-0.25, -0.2) is 4.98 Å². The van der Waals surface area contributed by atoms with Crippen LogP contribution in [-0.4, -0.2) is 9.97 Å². The smallest absolute Gasteiger partial charge is 0.0931 e. The Balaban J connectivity index is 2.49. The molecule has 4 nitrogen and oxygen atoms in total. The summed E-state index contributed by atoms with van der Waals surface area (Å²) in [4.78, 5) is 17.3. The highest BCUT2D eigenvalue weighted by Crippen LogP contribution is 2.14. The van der Waals surface area contributed by atoms with Crippen LogP contribution in [0.3, 0.4) is 0 Å². The molecule has 14 heavy (non-hydrogen) atoms. The Kier molecular flexibility index (Phi) is 2.10. The molecular formula is C10H9N3O. The van der Waals surface area contributed by atoms with E-state index in [1.165, 1.54) is 0 Å². The Bertz CT molecular complexity index is 499. The van der Waals surface area contributed by atoms with Crippen LogP contribution in [0.1, 0.15) is 12.5 Å². The minimum Gasteiger partial charge on any atom is -0.345 e. The van der Waals surface area contributed by atoms with Crippen LogP contribution < -0.4 is 0 Å². The van der Waals surface area contributed by atoms with Gasteiger partial charge in [-0.2, -0.15) is 0 Å². The SMILES string of the molecule is C/C(=C\c1ccc2[nH]cnc2c1)N=O. The number of rotatable bonds is 2. The fraction of sp³-hybridized carbons (Fsp3) is 0.100. The van der Waals surface area contributed by atoms with Gasteiger partial charge in [-0.15, -0.1) is 4.91 Å². The van der Waals surface area contributed by atoms with Crippen molar-refractivity contribution in [2.24, 2.45) is 5.18 Å². The average Bonchev–Trinajstić information content (AvgIpc) is 2.64. The third-order valence-electron chi connectivity index (χ3n) is 1.97.